The average Bonchev–Trinajstić information content (AvgIpc) is 1.85. The standard InChI is InChI=1S/C6H5BFNO/c1-10-6-3-4(7)2-5(8)9-6/h2-3H,1H3. The van der Waals surface area contributed by atoms with Crippen molar-refractivity contribution < 1.29 is 9.13 Å². The molecule has 1 heterocycles. The molecule has 1 aromatic rings. The predicted molar refractivity (Wildman–Crippen MR) is 36.1 cm³/mol. The highest BCUT2D eigenvalue weighted by Gasteiger charge is 1.96. The van der Waals surface area contributed by atoms with Gasteiger partial charge in [0.1, 0.15) is 7.85 Å². The lowest BCUT2D eigenvalue weighted by Crippen LogP contribution is -2.05. The highest BCUT2D eigenvalue weighted by atomic mass is 19.1. The zero-order valence-electron chi connectivity index (χ0n) is 5.47. The molecule has 0 unspecified atom stereocenters. The summed E-state index contributed by atoms with van der Waals surface area (Å²) in [5.74, 6) is -0.436. The first-order valence-corrected chi connectivity index (χ1v) is 2.69. The molecule has 0 aliphatic heterocycles. The molecule has 0 spiro atoms. The molecule has 0 aliphatic rings. The largest absolute Gasteiger partial charge is 0.481 e. The maximum absolute atomic E-state index is 12.3. The third-order valence-corrected chi connectivity index (χ3v) is 1.00. The molecule has 0 atom stereocenters. The minimum absolute atomic E-state index is 0.192. The fraction of sp³-hybridized carbons (Fsp3) is 0.167. The number of halogens is 1. The van der Waals surface area contributed by atoms with E-state index in [1.165, 1.54) is 13.2 Å². The molecule has 1 aromatic heterocycles. The molecule has 0 bridgehead atoms. The maximum Gasteiger partial charge on any atom is 0.215 e. The van der Waals surface area contributed by atoms with Gasteiger partial charge in [0, 0.05) is 0 Å². The fourth-order valence-corrected chi connectivity index (χ4v) is 0.596. The van der Waals surface area contributed by atoms with Crippen molar-refractivity contribution in [3.05, 3.63) is 18.1 Å². The molecule has 50 valence electrons. The van der Waals surface area contributed by atoms with Crippen LogP contribution in [0.5, 0.6) is 5.88 Å². The van der Waals surface area contributed by atoms with Gasteiger partial charge in [-0.2, -0.15) is 9.37 Å². The number of pyridine rings is 1. The second-order valence-corrected chi connectivity index (χ2v) is 1.77. The third-order valence-electron chi connectivity index (χ3n) is 1.00. The zero-order valence-corrected chi connectivity index (χ0v) is 5.47. The molecule has 0 saturated heterocycles. The van der Waals surface area contributed by atoms with Crippen LogP contribution in [-0.4, -0.2) is 19.9 Å². The Hall–Kier alpha value is -1.06. The van der Waals surface area contributed by atoms with E-state index in [0.29, 0.717) is 5.46 Å². The van der Waals surface area contributed by atoms with Gasteiger partial charge in [-0.3, -0.25) is 0 Å². The van der Waals surface area contributed by atoms with Gasteiger partial charge in [0.2, 0.25) is 11.8 Å². The lowest BCUT2D eigenvalue weighted by atomic mass is 9.98. The molecular formula is C6H5BFNO. The van der Waals surface area contributed by atoms with E-state index in [9.17, 15) is 4.39 Å². The van der Waals surface area contributed by atoms with Crippen molar-refractivity contribution in [2.24, 2.45) is 0 Å². The van der Waals surface area contributed by atoms with Crippen LogP contribution < -0.4 is 10.2 Å². The van der Waals surface area contributed by atoms with E-state index in [2.05, 4.69) is 9.72 Å². The van der Waals surface area contributed by atoms with Crippen LogP contribution in [0, 0.1) is 5.95 Å². The summed E-state index contributed by atoms with van der Waals surface area (Å²) in [6.07, 6.45) is 0. The number of nitrogens with zero attached hydrogens (tertiary/aromatic N) is 1. The fourth-order valence-electron chi connectivity index (χ4n) is 0.596. The molecule has 0 saturated carbocycles. The second kappa shape index (κ2) is 2.69. The van der Waals surface area contributed by atoms with Gasteiger partial charge in [0.25, 0.3) is 0 Å². The van der Waals surface area contributed by atoms with Gasteiger partial charge in [-0.05, 0) is 12.1 Å². The number of aromatic nitrogens is 1. The molecule has 0 fully saturated rings. The van der Waals surface area contributed by atoms with Gasteiger partial charge in [-0.1, -0.05) is 5.46 Å². The van der Waals surface area contributed by atoms with E-state index in [1.807, 2.05) is 0 Å². The Morgan fingerprint density at radius 3 is 2.80 bits per heavy atom. The highest BCUT2D eigenvalue weighted by molar-refractivity contribution is 6.32. The second-order valence-electron chi connectivity index (χ2n) is 1.77. The van der Waals surface area contributed by atoms with Crippen LogP contribution in [0.2, 0.25) is 0 Å². The first-order chi connectivity index (χ1) is 4.72. The van der Waals surface area contributed by atoms with Gasteiger partial charge in [0.05, 0.1) is 7.11 Å². The van der Waals surface area contributed by atoms with E-state index in [4.69, 9.17) is 7.85 Å². The Kier molecular flexibility index (Phi) is 1.90. The summed E-state index contributed by atoms with van der Waals surface area (Å²) in [6.45, 7) is 0. The van der Waals surface area contributed by atoms with Crippen molar-refractivity contribution in [3.63, 3.8) is 0 Å². The van der Waals surface area contributed by atoms with Crippen molar-refractivity contribution in [1.29, 1.82) is 0 Å². The topological polar surface area (TPSA) is 22.1 Å². The lowest BCUT2D eigenvalue weighted by molar-refractivity contribution is 0.388. The number of hydrogen-bond acceptors (Lipinski definition) is 2. The Bertz CT molecular complexity index is 221. The number of methoxy groups -OCH3 is 1. The summed E-state index contributed by atoms with van der Waals surface area (Å²) in [7, 11) is 6.68. The summed E-state index contributed by atoms with van der Waals surface area (Å²) in [5.41, 5.74) is 0.310. The van der Waals surface area contributed by atoms with E-state index >= 15 is 0 Å². The van der Waals surface area contributed by atoms with Crippen molar-refractivity contribution in [3.8, 4) is 5.88 Å². The van der Waals surface area contributed by atoms with Gasteiger partial charge in [0.15, 0.2) is 0 Å². The van der Waals surface area contributed by atoms with Crippen molar-refractivity contribution in [2.75, 3.05) is 7.11 Å². The molecule has 0 aromatic carbocycles. The van der Waals surface area contributed by atoms with Crippen LogP contribution >= 0.6 is 0 Å². The maximum atomic E-state index is 12.3. The van der Waals surface area contributed by atoms with Gasteiger partial charge in [-0.15, -0.1) is 0 Å². The number of rotatable bonds is 1. The van der Waals surface area contributed by atoms with Crippen LogP contribution in [0.1, 0.15) is 0 Å². The first-order valence-electron chi connectivity index (χ1n) is 2.69. The SMILES string of the molecule is [B]c1cc(F)nc(OC)c1. The average molecular weight is 137 g/mol. The normalized spacial score (nSPS) is 9.40. The van der Waals surface area contributed by atoms with Gasteiger partial charge >= 0.3 is 0 Å². The third kappa shape index (κ3) is 1.46. The molecule has 0 aliphatic carbocycles. The van der Waals surface area contributed by atoms with Crippen LogP contribution in [-0.2, 0) is 0 Å². The van der Waals surface area contributed by atoms with Crippen LogP contribution in [0.15, 0.2) is 12.1 Å². The summed E-state index contributed by atoms with van der Waals surface area (Å²) in [5, 5.41) is 0. The zero-order chi connectivity index (χ0) is 7.56. The van der Waals surface area contributed by atoms with Crippen LogP contribution in [0.4, 0.5) is 4.39 Å². The summed E-state index contributed by atoms with van der Waals surface area (Å²) in [4.78, 5) is 3.38. The van der Waals surface area contributed by atoms with E-state index in [-0.39, 0.29) is 5.88 Å². The van der Waals surface area contributed by atoms with Crippen molar-refractivity contribution >= 4 is 13.3 Å². The Labute approximate surface area is 59.4 Å². The molecule has 1 rings (SSSR count). The van der Waals surface area contributed by atoms with Gasteiger partial charge < -0.3 is 4.74 Å². The number of ether oxygens (including phenoxy) is 1. The number of hydrogen-bond donors (Lipinski definition) is 0. The Morgan fingerprint density at radius 2 is 2.30 bits per heavy atom. The Balaban J connectivity index is 3.06. The van der Waals surface area contributed by atoms with E-state index in [0.717, 1.165) is 6.07 Å². The highest BCUT2D eigenvalue weighted by Crippen LogP contribution is 2.01. The summed E-state index contributed by atoms with van der Waals surface area (Å²) < 4.78 is 17.0. The van der Waals surface area contributed by atoms with Gasteiger partial charge in [-0.25, -0.2) is 0 Å². The summed E-state index contributed by atoms with van der Waals surface area (Å²) >= 11 is 0. The molecule has 10 heavy (non-hydrogen) atoms. The monoisotopic (exact) mass is 137 g/mol. The van der Waals surface area contributed by atoms with Crippen molar-refractivity contribution in [1.82, 2.24) is 4.98 Å². The van der Waals surface area contributed by atoms with E-state index < -0.39 is 5.95 Å². The molecule has 2 nitrogen and oxygen atoms in total. The lowest BCUT2D eigenvalue weighted by Gasteiger charge is -1.98. The first kappa shape index (κ1) is 7.06. The molecule has 0 N–H and O–H groups in total. The molecule has 0 amide bonds. The molecule has 2 radical (unpaired) electrons. The minimum Gasteiger partial charge on any atom is -0.481 e. The smallest absolute Gasteiger partial charge is 0.215 e. The predicted octanol–water partition coefficient (Wildman–Crippen LogP) is 0.0231. The summed E-state index contributed by atoms with van der Waals surface area (Å²) in [6, 6.07) is 2.58. The van der Waals surface area contributed by atoms with E-state index in [1.54, 1.807) is 0 Å². The van der Waals surface area contributed by atoms with Crippen LogP contribution in [0.3, 0.4) is 0 Å². The van der Waals surface area contributed by atoms with Crippen molar-refractivity contribution in [2.45, 2.75) is 0 Å². The Morgan fingerprint density at radius 1 is 1.60 bits per heavy atom. The minimum atomic E-state index is -0.628. The molecular weight excluding hydrogens is 132 g/mol. The van der Waals surface area contributed by atoms with Crippen LogP contribution in [0.25, 0.3) is 0 Å². The quantitative estimate of drug-likeness (QED) is 0.402. The molecule has 4 heteroatoms.